The molecule has 1 heterocycles. The fourth-order valence-corrected chi connectivity index (χ4v) is 2.25. The fourth-order valence-electron chi connectivity index (χ4n) is 2.25. The van der Waals surface area contributed by atoms with Crippen molar-refractivity contribution in [3.05, 3.63) is 34.6 Å². The van der Waals surface area contributed by atoms with E-state index in [1.807, 2.05) is 0 Å². The van der Waals surface area contributed by atoms with Gasteiger partial charge in [-0.2, -0.15) is 0 Å². The molecule has 0 bridgehead atoms. The quantitative estimate of drug-likeness (QED) is 0.412. The zero-order valence-corrected chi connectivity index (χ0v) is 13.2. The number of aliphatic hydroxyl groups excluding tert-OH is 1. The Bertz CT molecular complexity index is 609. The molecule has 1 aliphatic heterocycles. The Balaban J connectivity index is 2.33. The summed E-state index contributed by atoms with van der Waals surface area (Å²) in [5, 5.41) is 19.8. The molecule has 3 N–H and O–H groups in total. The smallest absolute Gasteiger partial charge is 0.195 e. The summed E-state index contributed by atoms with van der Waals surface area (Å²) in [5.41, 5.74) is -0.821. The number of benzene rings is 1. The highest BCUT2D eigenvalue weighted by atomic mass is 19.2. The van der Waals surface area contributed by atoms with Crippen LogP contribution in [0.4, 0.5) is 13.2 Å². The molecular weight excluding hydrogens is 329 g/mol. The van der Waals surface area contributed by atoms with Gasteiger partial charge in [-0.25, -0.2) is 13.2 Å². The first-order chi connectivity index (χ1) is 11.4. The summed E-state index contributed by atoms with van der Waals surface area (Å²) in [6.07, 6.45) is -1.65. The summed E-state index contributed by atoms with van der Waals surface area (Å²) < 4.78 is 57.1. The maximum Gasteiger partial charge on any atom is 0.195 e. The number of halogens is 3. The van der Waals surface area contributed by atoms with Crippen molar-refractivity contribution in [1.82, 2.24) is 5.32 Å². The average molecular weight is 348 g/mol. The molecule has 1 aliphatic rings. The number of nitrogens with one attached hydrogen (secondary N) is 2. The van der Waals surface area contributed by atoms with Gasteiger partial charge < -0.3 is 24.6 Å². The Morgan fingerprint density at radius 2 is 1.96 bits per heavy atom. The SMILES string of the molecule is CO[C@H](C)[C@@H](CO)NC(=N)c1cc(C2OCCO2)c(F)c(F)c1F. The average Bonchev–Trinajstić information content (AvgIpc) is 3.11. The highest BCUT2D eigenvalue weighted by Gasteiger charge is 2.29. The molecule has 1 saturated heterocycles. The number of hydrogen-bond acceptors (Lipinski definition) is 5. The van der Waals surface area contributed by atoms with Crippen LogP contribution in [0.25, 0.3) is 0 Å². The summed E-state index contributed by atoms with van der Waals surface area (Å²) >= 11 is 0. The third-order valence-corrected chi connectivity index (χ3v) is 3.79. The minimum absolute atomic E-state index is 0.200. The number of ether oxygens (including phenoxy) is 3. The van der Waals surface area contributed by atoms with E-state index in [-0.39, 0.29) is 18.8 Å². The van der Waals surface area contributed by atoms with Crippen LogP contribution in [0, 0.1) is 22.9 Å². The zero-order chi connectivity index (χ0) is 17.9. The van der Waals surface area contributed by atoms with Crippen LogP contribution in [-0.4, -0.2) is 50.0 Å². The molecule has 1 aromatic carbocycles. The van der Waals surface area contributed by atoms with Crippen LogP contribution in [0.15, 0.2) is 6.07 Å². The van der Waals surface area contributed by atoms with Gasteiger partial charge in [0.25, 0.3) is 0 Å². The van der Waals surface area contributed by atoms with Crippen molar-refractivity contribution >= 4 is 5.84 Å². The standard InChI is InChI=1S/C15H19F3N2O4/c1-7(22-2)10(6-21)20-14(19)8-5-9(15-23-3-4-24-15)12(17)13(18)11(8)16/h5,7,10,15,21H,3-4,6H2,1-2H3,(H2,19,20)/t7-,10-/m1/s1. The highest BCUT2D eigenvalue weighted by molar-refractivity contribution is 5.97. The molecule has 1 fully saturated rings. The largest absolute Gasteiger partial charge is 0.394 e. The molecule has 2 atom stereocenters. The van der Waals surface area contributed by atoms with Crippen molar-refractivity contribution < 1.29 is 32.5 Å². The fraction of sp³-hybridized carbons (Fsp3) is 0.533. The van der Waals surface area contributed by atoms with Gasteiger partial charge in [0, 0.05) is 12.7 Å². The molecule has 9 heteroatoms. The predicted octanol–water partition coefficient (Wildman–Crippen LogP) is 1.46. The lowest BCUT2D eigenvalue weighted by atomic mass is 10.1. The maximum atomic E-state index is 14.0. The van der Waals surface area contributed by atoms with Gasteiger partial charge in [-0.3, -0.25) is 5.41 Å². The monoisotopic (exact) mass is 348 g/mol. The summed E-state index contributed by atoms with van der Waals surface area (Å²) in [4.78, 5) is 0. The van der Waals surface area contributed by atoms with Gasteiger partial charge in [0.2, 0.25) is 0 Å². The van der Waals surface area contributed by atoms with Gasteiger partial charge >= 0.3 is 0 Å². The van der Waals surface area contributed by atoms with E-state index in [9.17, 15) is 18.3 Å². The van der Waals surface area contributed by atoms with E-state index in [1.165, 1.54) is 7.11 Å². The van der Waals surface area contributed by atoms with Crippen molar-refractivity contribution in [2.75, 3.05) is 26.9 Å². The number of aliphatic hydroxyl groups is 1. The summed E-state index contributed by atoms with van der Waals surface area (Å²) in [7, 11) is 1.41. The lowest BCUT2D eigenvalue weighted by molar-refractivity contribution is -0.0469. The van der Waals surface area contributed by atoms with Crippen molar-refractivity contribution in [3.8, 4) is 0 Å². The Morgan fingerprint density at radius 3 is 2.50 bits per heavy atom. The minimum atomic E-state index is -1.71. The number of hydrogen-bond donors (Lipinski definition) is 3. The zero-order valence-electron chi connectivity index (χ0n) is 13.2. The molecule has 134 valence electrons. The molecule has 2 rings (SSSR count). The summed E-state index contributed by atoms with van der Waals surface area (Å²) in [6, 6.07) is 0.239. The Kier molecular flexibility index (Phi) is 6.16. The van der Waals surface area contributed by atoms with Crippen LogP contribution < -0.4 is 5.32 Å². The van der Waals surface area contributed by atoms with Crippen molar-refractivity contribution in [1.29, 1.82) is 5.41 Å². The van der Waals surface area contributed by atoms with Crippen LogP contribution in [0.2, 0.25) is 0 Å². The van der Waals surface area contributed by atoms with E-state index in [0.717, 1.165) is 6.07 Å². The number of methoxy groups -OCH3 is 1. The van der Waals surface area contributed by atoms with Crippen molar-refractivity contribution in [2.45, 2.75) is 25.4 Å². The Morgan fingerprint density at radius 1 is 1.33 bits per heavy atom. The molecule has 0 amide bonds. The van der Waals surface area contributed by atoms with Gasteiger partial charge in [0.05, 0.1) is 37.5 Å². The van der Waals surface area contributed by atoms with E-state index in [1.54, 1.807) is 6.92 Å². The van der Waals surface area contributed by atoms with Crippen molar-refractivity contribution in [3.63, 3.8) is 0 Å². The molecular formula is C15H19F3N2O4. The first kappa shape index (κ1) is 18.7. The van der Waals surface area contributed by atoms with Gasteiger partial charge in [-0.05, 0) is 13.0 Å². The lowest BCUT2D eigenvalue weighted by Crippen LogP contribution is -2.45. The summed E-state index contributed by atoms with van der Waals surface area (Å²) in [5.74, 6) is -5.16. The molecule has 0 aliphatic carbocycles. The lowest BCUT2D eigenvalue weighted by Gasteiger charge is -2.24. The third-order valence-electron chi connectivity index (χ3n) is 3.79. The van der Waals surface area contributed by atoms with E-state index >= 15 is 0 Å². The van der Waals surface area contributed by atoms with Crippen molar-refractivity contribution in [2.24, 2.45) is 0 Å². The molecule has 0 saturated carbocycles. The number of rotatable bonds is 6. The molecule has 1 aromatic rings. The van der Waals surface area contributed by atoms with Crippen LogP contribution in [0.5, 0.6) is 0 Å². The second-order valence-electron chi connectivity index (χ2n) is 5.28. The molecule has 24 heavy (non-hydrogen) atoms. The van der Waals surface area contributed by atoms with Crippen LogP contribution in [-0.2, 0) is 14.2 Å². The third kappa shape index (κ3) is 3.69. The maximum absolute atomic E-state index is 14.0. The van der Waals surface area contributed by atoms with E-state index in [2.05, 4.69) is 5.32 Å². The van der Waals surface area contributed by atoms with Crippen LogP contribution in [0.1, 0.15) is 24.3 Å². The van der Waals surface area contributed by atoms with E-state index in [4.69, 9.17) is 19.6 Å². The predicted molar refractivity (Wildman–Crippen MR) is 78.3 cm³/mol. The second-order valence-corrected chi connectivity index (χ2v) is 5.28. The molecule has 6 nitrogen and oxygen atoms in total. The Labute approximate surface area is 137 Å². The molecule has 0 spiro atoms. The highest BCUT2D eigenvalue weighted by Crippen LogP contribution is 2.29. The topological polar surface area (TPSA) is 83.8 Å². The normalized spacial score (nSPS) is 17.8. The first-order valence-electron chi connectivity index (χ1n) is 7.30. The molecule has 0 unspecified atom stereocenters. The first-order valence-corrected chi connectivity index (χ1v) is 7.30. The van der Waals surface area contributed by atoms with Gasteiger partial charge in [-0.15, -0.1) is 0 Å². The second kappa shape index (κ2) is 7.93. The van der Waals surface area contributed by atoms with E-state index < -0.39 is 53.9 Å². The number of amidine groups is 1. The van der Waals surface area contributed by atoms with Gasteiger partial charge in [0.1, 0.15) is 5.84 Å². The van der Waals surface area contributed by atoms with E-state index in [0.29, 0.717) is 0 Å². The van der Waals surface area contributed by atoms with Crippen LogP contribution >= 0.6 is 0 Å². The molecule has 0 radical (unpaired) electrons. The molecule has 0 aromatic heterocycles. The van der Waals surface area contributed by atoms with Gasteiger partial charge in [-0.1, -0.05) is 0 Å². The summed E-state index contributed by atoms with van der Waals surface area (Å²) in [6.45, 7) is 1.64. The minimum Gasteiger partial charge on any atom is -0.394 e. The van der Waals surface area contributed by atoms with Crippen LogP contribution in [0.3, 0.4) is 0 Å². The van der Waals surface area contributed by atoms with Gasteiger partial charge in [0.15, 0.2) is 23.7 Å². The Hall–Kier alpha value is -1.68.